The standard InChI is InChI=1S/C19H36O2/c1-3-4-5-6-7-8-9-10-11-12-13-14-15-16-17-18(2)19(20)21/h12-13,18H,3-11,14-17H2,1-2H3,(H,20,21). The third-order valence-corrected chi connectivity index (χ3v) is 4.07. The largest absolute Gasteiger partial charge is 0.481 e. The fourth-order valence-corrected chi connectivity index (χ4v) is 2.47. The highest BCUT2D eigenvalue weighted by Crippen LogP contribution is 2.11. The zero-order chi connectivity index (χ0) is 15.8. The molecule has 0 spiro atoms. The lowest BCUT2D eigenvalue weighted by Crippen LogP contribution is -2.08. The Morgan fingerprint density at radius 3 is 1.86 bits per heavy atom. The number of hydrogen-bond acceptors (Lipinski definition) is 1. The molecule has 0 bridgehead atoms. The van der Waals surface area contributed by atoms with E-state index >= 15 is 0 Å². The lowest BCUT2D eigenvalue weighted by molar-refractivity contribution is -0.141. The second kappa shape index (κ2) is 15.6. The van der Waals surface area contributed by atoms with Gasteiger partial charge in [-0.3, -0.25) is 4.79 Å². The first-order valence-corrected chi connectivity index (χ1v) is 9.06. The molecule has 1 atom stereocenters. The molecule has 0 radical (unpaired) electrons. The first-order chi connectivity index (χ1) is 10.2. The second-order valence-corrected chi connectivity index (χ2v) is 6.26. The normalized spacial score (nSPS) is 12.9. The van der Waals surface area contributed by atoms with Crippen molar-refractivity contribution in [3.8, 4) is 0 Å². The number of carbonyl (C=O) groups is 1. The van der Waals surface area contributed by atoms with E-state index in [2.05, 4.69) is 19.1 Å². The topological polar surface area (TPSA) is 37.3 Å². The van der Waals surface area contributed by atoms with E-state index in [4.69, 9.17) is 5.11 Å². The Kier molecular flexibility index (Phi) is 15.0. The SMILES string of the molecule is CCCCCCCCCCC=CCCCCC(C)C(=O)O. The molecule has 1 unspecified atom stereocenters. The van der Waals surface area contributed by atoms with Crippen LogP contribution in [0.3, 0.4) is 0 Å². The molecule has 0 aliphatic heterocycles. The van der Waals surface area contributed by atoms with Gasteiger partial charge in [-0.1, -0.05) is 77.4 Å². The number of rotatable bonds is 15. The summed E-state index contributed by atoms with van der Waals surface area (Å²) in [4.78, 5) is 10.7. The monoisotopic (exact) mass is 296 g/mol. The van der Waals surface area contributed by atoms with Crippen molar-refractivity contribution in [1.82, 2.24) is 0 Å². The van der Waals surface area contributed by atoms with Crippen molar-refractivity contribution in [1.29, 1.82) is 0 Å². The average Bonchev–Trinajstić information content (AvgIpc) is 2.47. The Labute approximate surface area is 132 Å². The van der Waals surface area contributed by atoms with Crippen LogP contribution in [-0.2, 0) is 4.79 Å². The molecule has 0 saturated heterocycles. The lowest BCUT2D eigenvalue weighted by atomic mass is 10.0. The fraction of sp³-hybridized carbons (Fsp3) is 0.842. The molecular formula is C19H36O2. The van der Waals surface area contributed by atoms with Gasteiger partial charge in [0.25, 0.3) is 0 Å². The van der Waals surface area contributed by atoms with Crippen LogP contribution >= 0.6 is 0 Å². The summed E-state index contributed by atoms with van der Waals surface area (Å²) in [6.07, 6.45) is 20.9. The van der Waals surface area contributed by atoms with Crippen LogP contribution < -0.4 is 0 Å². The zero-order valence-corrected chi connectivity index (χ0v) is 14.3. The van der Waals surface area contributed by atoms with Gasteiger partial charge in [0.05, 0.1) is 5.92 Å². The molecule has 1 N–H and O–H groups in total. The van der Waals surface area contributed by atoms with E-state index in [1.807, 2.05) is 0 Å². The van der Waals surface area contributed by atoms with Crippen LogP contribution in [0.2, 0.25) is 0 Å². The molecule has 124 valence electrons. The van der Waals surface area contributed by atoms with Crippen LogP contribution in [0.5, 0.6) is 0 Å². The van der Waals surface area contributed by atoms with Gasteiger partial charge in [0.15, 0.2) is 0 Å². The van der Waals surface area contributed by atoms with E-state index in [9.17, 15) is 4.79 Å². The summed E-state index contributed by atoms with van der Waals surface area (Å²) in [5, 5.41) is 8.77. The van der Waals surface area contributed by atoms with Crippen molar-refractivity contribution in [2.75, 3.05) is 0 Å². The van der Waals surface area contributed by atoms with Gasteiger partial charge < -0.3 is 5.11 Å². The highest BCUT2D eigenvalue weighted by atomic mass is 16.4. The van der Waals surface area contributed by atoms with Gasteiger partial charge in [0, 0.05) is 0 Å². The molecule has 0 rings (SSSR count). The molecule has 0 heterocycles. The van der Waals surface area contributed by atoms with E-state index in [1.54, 1.807) is 6.92 Å². The minimum Gasteiger partial charge on any atom is -0.481 e. The minimum atomic E-state index is -0.666. The van der Waals surface area contributed by atoms with Gasteiger partial charge in [0.1, 0.15) is 0 Å². The first-order valence-electron chi connectivity index (χ1n) is 9.06. The number of carboxylic acid groups (broad SMARTS) is 1. The molecular weight excluding hydrogens is 260 g/mol. The molecule has 0 amide bonds. The van der Waals surface area contributed by atoms with Crippen LogP contribution in [-0.4, -0.2) is 11.1 Å². The van der Waals surface area contributed by atoms with Gasteiger partial charge in [-0.05, 0) is 32.1 Å². The van der Waals surface area contributed by atoms with E-state index in [0.717, 1.165) is 25.7 Å². The molecule has 0 aromatic heterocycles. The van der Waals surface area contributed by atoms with Crippen molar-refractivity contribution >= 4 is 5.97 Å². The van der Waals surface area contributed by atoms with E-state index in [1.165, 1.54) is 57.8 Å². The van der Waals surface area contributed by atoms with Crippen molar-refractivity contribution in [3.05, 3.63) is 12.2 Å². The highest BCUT2D eigenvalue weighted by molar-refractivity contribution is 5.69. The maximum absolute atomic E-state index is 10.7. The molecule has 2 heteroatoms. The highest BCUT2D eigenvalue weighted by Gasteiger charge is 2.08. The Morgan fingerprint density at radius 1 is 0.857 bits per heavy atom. The number of unbranched alkanes of at least 4 members (excludes halogenated alkanes) is 10. The Morgan fingerprint density at radius 2 is 1.33 bits per heavy atom. The van der Waals surface area contributed by atoms with Crippen molar-refractivity contribution in [3.63, 3.8) is 0 Å². The molecule has 0 fully saturated rings. The molecule has 0 aromatic carbocycles. The third-order valence-electron chi connectivity index (χ3n) is 4.07. The summed E-state index contributed by atoms with van der Waals surface area (Å²) in [6, 6.07) is 0. The fourth-order valence-electron chi connectivity index (χ4n) is 2.47. The van der Waals surface area contributed by atoms with E-state index in [-0.39, 0.29) is 5.92 Å². The summed E-state index contributed by atoms with van der Waals surface area (Å²) in [5.41, 5.74) is 0. The van der Waals surface area contributed by atoms with Crippen LogP contribution in [0, 0.1) is 5.92 Å². The second-order valence-electron chi connectivity index (χ2n) is 6.26. The predicted molar refractivity (Wildman–Crippen MR) is 91.6 cm³/mol. The molecule has 0 saturated carbocycles. The summed E-state index contributed by atoms with van der Waals surface area (Å²) in [5.74, 6) is -0.855. The van der Waals surface area contributed by atoms with Crippen molar-refractivity contribution < 1.29 is 9.90 Å². The number of aliphatic carboxylic acids is 1. The lowest BCUT2D eigenvalue weighted by Gasteiger charge is -2.03. The number of carboxylic acids is 1. The smallest absolute Gasteiger partial charge is 0.306 e. The minimum absolute atomic E-state index is 0.189. The van der Waals surface area contributed by atoms with Gasteiger partial charge in [-0.25, -0.2) is 0 Å². The van der Waals surface area contributed by atoms with Crippen molar-refractivity contribution in [2.45, 2.75) is 97.3 Å². The average molecular weight is 296 g/mol. The first kappa shape index (κ1) is 20.2. The van der Waals surface area contributed by atoms with Crippen molar-refractivity contribution in [2.24, 2.45) is 5.92 Å². The van der Waals surface area contributed by atoms with Gasteiger partial charge in [-0.15, -0.1) is 0 Å². The molecule has 0 aromatic rings. The van der Waals surface area contributed by atoms with Crippen LogP contribution in [0.1, 0.15) is 97.3 Å². The third kappa shape index (κ3) is 15.4. The molecule has 0 aliphatic rings. The van der Waals surface area contributed by atoms with Gasteiger partial charge in [-0.2, -0.15) is 0 Å². The van der Waals surface area contributed by atoms with Gasteiger partial charge >= 0.3 is 5.97 Å². The maximum atomic E-state index is 10.7. The summed E-state index contributed by atoms with van der Waals surface area (Å²) in [7, 11) is 0. The van der Waals surface area contributed by atoms with E-state index < -0.39 is 5.97 Å². The van der Waals surface area contributed by atoms with Gasteiger partial charge in [0.2, 0.25) is 0 Å². The number of hydrogen-bond donors (Lipinski definition) is 1. The van der Waals surface area contributed by atoms with E-state index in [0.29, 0.717) is 0 Å². The molecule has 21 heavy (non-hydrogen) atoms. The Bertz CT molecular complexity index is 258. The van der Waals surface area contributed by atoms with Crippen LogP contribution in [0.15, 0.2) is 12.2 Å². The zero-order valence-electron chi connectivity index (χ0n) is 14.3. The van der Waals surface area contributed by atoms with Crippen LogP contribution in [0.4, 0.5) is 0 Å². The molecule has 0 aliphatic carbocycles. The Hall–Kier alpha value is -0.790. The number of allylic oxidation sites excluding steroid dienone is 2. The Balaban J connectivity index is 3.17. The quantitative estimate of drug-likeness (QED) is 0.282. The molecule has 2 nitrogen and oxygen atoms in total. The predicted octanol–water partition coefficient (Wildman–Crippen LogP) is 6.35. The maximum Gasteiger partial charge on any atom is 0.306 e. The summed E-state index contributed by atoms with van der Waals surface area (Å²) in [6.45, 7) is 4.06. The summed E-state index contributed by atoms with van der Waals surface area (Å²) >= 11 is 0. The van der Waals surface area contributed by atoms with Crippen LogP contribution in [0.25, 0.3) is 0 Å². The summed E-state index contributed by atoms with van der Waals surface area (Å²) < 4.78 is 0.